The van der Waals surface area contributed by atoms with E-state index in [1.165, 1.54) is 0 Å². The highest BCUT2D eigenvalue weighted by atomic mass is 16.2. The lowest BCUT2D eigenvalue weighted by atomic mass is 9.90. The van der Waals surface area contributed by atoms with E-state index in [9.17, 15) is 9.59 Å². The molecule has 1 fully saturated rings. The largest absolute Gasteiger partial charge is 0.342 e. The number of likely N-dealkylation sites (tertiary alicyclic amines) is 1. The second kappa shape index (κ2) is 7.38. The van der Waals surface area contributed by atoms with Crippen LogP contribution >= 0.6 is 0 Å². The van der Waals surface area contributed by atoms with Crippen molar-refractivity contribution in [2.24, 2.45) is 5.92 Å². The molecule has 6 heteroatoms. The number of carbonyl (C=O) groups excluding carboxylic acids is 2. The summed E-state index contributed by atoms with van der Waals surface area (Å²) < 4.78 is 0. The molecule has 0 saturated carbocycles. The number of Topliss-reactive ketones (excluding diaryl/α,β-unsaturated/α-hetero) is 1. The molecule has 2 heterocycles. The summed E-state index contributed by atoms with van der Waals surface area (Å²) in [5.41, 5.74) is 0.730. The van der Waals surface area contributed by atoms with E-state index >= 15 is 0 Å². The average molecular weight is 326 g/mol. The molecule has 1 atom stereocenters. The van der Waals surface area contributed by atoms with Crippen molar-refractivity contribution in [2.45, 2.75) is 32.6 Å². The van der Waals surface area contributed by atoms with Crippen molar-refractivity contribution in [2.75, 3.05) is 13.1 Å². The maximum atomic E-state index is 12.6. The van der Waals surface area contributed by atoms with Crippen LogP contribution in [0.1, 0.15) is 41.3 Å². The van der Waals surface area contributed by atoms with Crippen LogP contribution in [0.2, 0.25) is 0 Å². The van der Waals surface area contributed by atoms with Gasteiger partial charge in [0.15, 0.2) is 11.6 Å². The highest BCUT2D eigenvalue weighted by Gasteiger charge is 2.28. The number of H-pyrrole nitrogens is 1. The van der Waals surface area contributed by atoms with Crippen molar-refractivity contribution in [3.8, 4) is 0 Å². The molecule has 1 N–H and O–H groups in total. The molecule has 1 amide bonds. The number of nitrogens with one attached hydrogen (secondary N) is 1. The van der Waals surface area contributed by atoms with E-state index in [2.05, 4.69) is 15.2 Å². The van der Waals surface area contributed by atoms with Crippen LogP contribution in [-0.4, -0.2) is 44.9 Å². The third-order valence-electron chi connectivity index (χ3n) is 4.41. The summed E-state index contributed by atoms with van der Waals surface area (Å²) in [6.07, 6.45) is 2.62. The van der Waals surface area contributed by atoms with E-state index in [1.807, 2.05) is 42.2 Å². The third-order valence-corrected chi connectivity index (χ3v) is 4.41. The molecule has 0 radical (unpaired) electrons. The summed E-state index contributed by atoms with van der Waals surface area (Å²) in [5.74, 6) is 1.52. The Morgan fingerprint density at radius 1 is 1.29 bits per heavy atom. The molecule has 2 aromatic rings. The van der Waals surface area contributed by atoms with Crippen molar-refractivity contribution in [3.05, 3.63) is 47.5 Å². The Labute approximate surface area is 141 Å². The summed E-state index contributed by atoms with van der Waals surface area (Å²) in [6.45, 7) is 3.08. The number of nitrogens with zero attached hydrogens (tertiary/aromatic N) is 3. The third kappa shape index (κ3) is 3.88. The van der Waals surface area contributed by atoms with Crippen LogP contribution in [0.25, 0.3) is 0 Å². The van der Waals surface area contributed by atoms with Gasteiger partial charge in [0.25, 0.3) is 0 Å². The topological polar surface area (TPSA) is 79.0 Å². The van der Waals surface area contributed by atoms with Gasteiger partial charge >= 0.3 is 0 Å². The van der Waals surface area contributed by atoms with Crippen LogP contribution in [0.15, 0.2) is 30.3 Å². The van der Waals surface area contributed by atoms with Crippen LogP contribution in [-0.2, 0) is 11.2 Å². The summed E-state index contributed by atoms with van der Waals surface area (Å²) in [4.78, 5) is 31.1. The average Bonchev–Trinajstić information content (AvgIpc) is 3.05. The molecule has 1 aliphatic heterocycles. The first-order valence-corrected chi connectivity index (χ1v) is 8.38. The predicted molar refractivity (Wildman–Crippen MR) is 89.5 cm³/mol. The monoisotopic (exact) mass is 326 g/mol. The fourth-order valence-electron chi connectivity index (χ4n) is 3.13. The van der Waals surface area contributed by atoms with Crippen molar-refractivity contribution in [1.82, 2.24) is 20.1 Å². The Kier molecular flexibility index (Phi) is 5.03. The lowest BCUT2D eigenvalue weighted by Crippen LogP contribution is -2.42. The molecule has 0 unspecified atom stereocenters. The first-order chi connectivity index (χ1) is 11.6. The van der Waals surface area contributed by atoms with E-state index < -0.39 is 0 Å². The zero-order valence-corrected chi connectivity index (χ0v) is 13.9. The second-order valence-corrected chi connectivity index (χ2v) is 6.25. The molecule has 126 valence electrons. The van der Waals surface area contributed by atoms with Crippen molar-refractivity contribution >= 4 is 11.7 Å². The van der Waals surface area contributed by atoms with Gasteiger partial charge in [-0.25, -0.2) is 4.98 Å². The number of amides is 1. The fraction of sp³-hybridized carbons (Fsp3) is 0.444. The number of aryl methyl sites for hydroxylation is 2. The number of piperidine rings is 1. The number of hydrogen-bond donors (Lipinski definition) is 1. The first kappa shape index (κ1) is 16.4. The fourth-order valence-corrected chi connectivity index (χ4v) is 3.13. The van der Waals surface area contributed by atoms with Gasteiger partial charge in [0.2, 0.25) is 5.91 Å². The van der Waals surface area contributed by atoms with Crippen LogP contribution in [0.3, 0.4) is 0 Å². The number of hydrogen-bond acceptors (Lipinski definition) is 4. The van der Waals surface area contributed by atoms with Gasteiger partial charge in [0.05, 0.1) is 0 Å². The maximum absolute atomic E-state index is 12.6. The highest BCUT2D eigenvalue weighted by Crippen LogP contribution is 2.21. The van der Waals surface area contributed by atoms with E-state index in [-0.39, 0.29) is 17.6 Å². The van der Waals surface area contributed by atoms with Crippen molar-refractivity contribution in [1.29, 1.82) is 0 Å². The van der Waals surface area contributed by atoms with Gasteiger partial charge in [-0.05, 0) is 19.8 Å². The minimum atomic E-state index is -0.101. The predicted octanol–water partition coefficient (Wildman–Crippen LogP) is 2.17. The van der Waals surface area contributed by atoms with Crippen LogP contribution in [0.4, 0.5) is 0 Å². The second-order valence-electron chi connectivity index (χ2n) is 6.25. The summed E-state index contributed by atoms with van der Waals surface area (Å²) in [5, 5.41) is 6.84. The Bertz CT molecular complexity index is 711. The molecule has 0 spiro atoms. The maximum Gasteiger partial charge on any atom is 0.223 e. The van der Waals surface area contributed by atoms with Crippen molar-refractivity contribution < 1.29 is 9.59 Å². The first-order valence-electron chi connectivity index (χ1n) is 8.38. The van der Waals surface area contributed by atoms with Gasteiger partial charge in [0, 0.05) is 37.4 Å². The molecule has 1 aromatic heterocycles. The Hall–Kier alpha value is -2.50. The van der Waals surface area contributed by atoms with Crippen molar-refractivity contribution in [3.63, 3.8) is 0 Å². The summed E-state index contributed by atoms with van der Waals surface area (Å²) in [6, 6.07) is 9.33. The minimum absolute atomic E-state index is 0.0722. The van der Waals surface area contributed by atoms with Gasteiger partial charge in [0.1, 0.15) is 5.82 Å². The smallest absolute Gasteiger partial charge is 0.223 e. The zero-order valence-electron chi connectivity index (χ0n) is 13.9. The SMILES string of the molecule is Cc1nc(CCC(=O)N2CCC[C@H](C(=O)c3ccccc3)C2)n[nH]1. The molecule has 0 aliphatic carbocycles. The summed E-state index contributed by atoms with van der Waals surface area (Å²) >= 11 is 0. The van der Waals surface area contributed by atoms with Gasteiger partial charge in [-0.3, -0.25) is 14.7 Å². The molecular weight excluding hydrogens is 304 g/mol. The number of rotatable bonds is 5. The van der Waals surface area contributed by atoms with Gasteiger partial charge in [-0.2, -0.15) is 5.10 Å². The molecule has 1 aromatic carbocycles. The van der Waals surface area contributed by atoms with E-state index in [0.717, 1.165) is 30.8 Å². The Morgan fingerprint density at radius 2 is 2.08 bits per heavy atom. The van der Waals surface area contributed by atoms with Gasteiger partial charge in [-0.15, -0.1) is 0 Å². The van der Waals surface area contributed by atoms with Crippen LogP contribution in [0.5, 0.6) is 0 Å². The standard InChI is InChI=1S/C18H22N4O2/c1-13-19-16(21-20-13)9-10-17(23)22-11-5-8-15(12-22)18(24)14-6-3-2-4-7-14/h2-4,6-7,15H,5,8-12H2,1H3,(H,19,20,21)/t15-/m0/s1. The number of ketones is 1. The molecular formula is C18H22N4O2. The lowest BCUT2D eigenvalue weighted by molar-refractivity contribution is -0.132. The van der Waals surface area contributed by atoms with E-state index in [0.29, 0.717) is 25.2 Å². The highest BCUT2D eigenvalue weighted by molar-refractivity contribution is 5.98. The van der Waals surface area contributed by atoms with E-state index in [4.69, 9.17) is 0 Å². The Balaban J connectivity index is 1.56. The minimum Gasteiger partial charge on any atom is -0.342 e. The van der Waals surface area contributed by atoms with Gasteiger partial charge < -0.3 is 4.90 Å². The number of aromatic amines is 1. The number of carbonyl (C=O) groups is 2. The molecule has 3 rings (SSSR count). The van der Waals surface area contributed by atoms with Crippen LogP contribution < -0.4 is 0 Å². The van der Waals surface area contributed by atoms with Crippen LogP contribution in [0, 0.1) is 12.8 Å². The molecule has 1 saturated heterocycles. The number of aromatic nitrogens is 3. The number of benzene rings is 1. The normalized spacial score (nSPS) is 17.7. The van der Waals surface area contributed by atoms with E-state index in [1.54, 1.807) is 0 Å². The molecule has 0 bridgehead atoms. The zero-order chi connectivity index (χ0) is 16.9. The lowest BCUT2D eigenvalue weighted by Gasteiger charge is -2.32. The summed E-state index contributed by atoms with van der Waals surface area (Å²) in [7, 11) is 0. The van der Waals surface area contributed by atoms with Gasteiger partial charge in [-0.1, -0.05) is 30.3 Å². The quantitative estimate of drug-likeness (QED) is 0.854. The Morgan fingerprint density at radius 3 is 2.79 bits per heavy atom. The molecule has 1 aliphatic rings. The molecule has 24 heavy (non-hydrogen) atoms. The molecule has 6 nitrogen and oxygen atoms in total.